The largest absolute Gasteiger partial charge is 0.209 e. The highest BCUT2D eigenvalue weighted by Crippen LogP contribution is 2.59. The number of rotatable bonds is 4. The molecule has 0 bridgehead atoms. The van der Waals surface area contributed by atoms with Crippen molar-refractivity contribution in [1.29, 1.82) is 0 Å². The summed E-state index contributed by atoms with van der Waals surface area (Å²) in [6.07, 6.45) is 14.0. The van der Waals surface area contributed by atoms with Gasteiger partial charge in [0.2, 0.25) is 0 Å². The summed E-state index contributed by atoms with van der Waals surface area (Å²) in [5.74, 6) is 2.53. The highest BCUT2D eigenvalue weighted by molar-refractivity contribution is 5.90. The first-order chi connectivity index (χ1) is 25.4. The van der Waals surface area contributed by atoms with Crippen molar-refractivity contribution >= 4 is 5.57 Å². The van der Waals surface area contributed by atoms with E-state index in [1.807, 2.05) is 0 Å². The van der Waals surface area contributed by atoms with E-state index in [1.54, 1.807) is 11.1 Å². The Morgan fingerprint density at radius 1 is 0.519 bits per heavy atom. The van der Waals surface area contributed by atoms with Gasteiger partial charge in [0.25, 0.3) is 0 Å². The molecule has 1 fully saturated rings. The standard InChI is InChI=1S/C49H43N3/c1-31-14-8-9-17-36(31)47-51-45(34-22-20-33(21-23-34)32-15-6-4-7-16-32)50-46(52-47)35-24-25-38-39-30-44-40(29-43(39)48(2,3)42(38)28-35)37-18-10-11-19-41(37)49(44)26-12-5-13-27-49/h4,6-11,15-25,28-31H,5,12-14,26-27H2,1-3H3. The van der Waals surface area contributed by atoms with Gasteiger partial charge in [0.05, 0.1) is 0 Å². The van der Waals surface area contributed by atoms with Crippen LogP contribution in [0.5, 0.6) is 0 Å². The van der Waals surface area contributed by atoms with E-state index in [-0.39, 0.29) is 10.8 Å². The van der Waals surface area contributed by atoms with Gasteiger partial charge in [-0.2, -0.15) is 0 Å². The minimum atomic E-state index is -0.163. The number of allylic oxidation sites excluding steroid dienone is 4. The van der Waals surface area contributed by atoms with Crippen molar-refractivity contribution in [3.05, 3.63) is 156 Å². The van der Waals surface area contributed by atoms with Crippen molar-refractivity contribution in [1.82, 2.24) is 15.0 Å². The highest BCUT2D eigenvalue weighted by atomic mass is 15.0. The van der Waals surface area contributed by atoms with Crippen LogP contribution >= 0.6 is 0 Å². The van der Waals surface area contributed by atoms with E-state index in [4.69, 9.17) is 15.0 Å². The first-order valence-corrected chi connectivity index (χ1v) is 19.1. The van der Waals surface area contributed by atoms with Gasteiger partial charge in [-0.15, -0.1) is 0 Å². The third-order valence-electron chi connectivity index (χ3n) is 12.6. The van der Waals surface area contributed by atoms with Crippen LogP contribution in [0.25, 0.3) is 61.7 Å². The SMILES string of the molecule is CC1CC=CC=C1c1nc(-c2ccc(-c3ccccc3)cc2)nc(-c2ccc3c(c2)C(C)(C)c2cc4c(cc2-3)C2(CCCCC2)c2ccccc2-4)n1. The van der Waals surface area contributed by atoms with Gasteiger partial charge in [0, 0.05) is 27.5 Å². The zero-order valence-corrected chi connectivity index (χ0v) is 30.3. The summed E-state index contributed by atoms with van der Waals surface area (Å²) in [6, 6.07) is 40.4. The molecule has 5 aromatic carbocycles. The smallest absolute Gasteiger partial charge is 0.164 e. The second kappa shape index (κ2) is 11.8. The van der Waals surface area contributed by atoms with E-state index in [2.05, 4.69) is 148 Å². The van der Waals surface area contributed by atoms with E-state index in [0.717, 1.165) is 34.8 Å². The van der Waals surface area contributed by atoms with E-state index < -0.39 is 0 Å². The van der Waals surface area contributed by atoms with Gasteiger partial charge in [-0.1, -0.05) is 149 Å². The summed E-state index contributed by atoms with van der Waals surface area (Å²) in [5, 5.41) is 0. The monoisotopic (exact) mass is 673 g/mol. The molecule has 254 valence electrons. The van der Waals surface area contributed by atoms with E-state index in [0.29, 0.717) is 11.7 Å². The lowest BCUT2D eigenvalue weighted by molar-refractivity contribution is 0.353. The molecule has 1 atom stereocenters. The van der Waals surface area contributed by atoms with Gasteiger partial charge >= 0.3 is 0 Å². The second-order valence-electron chi connectivity index (χ2n) is 16.0. The Morgan fingerprint density at radius 2 is 1.12 bits per heavy atom. The fourth-order valence-corrected chi connectivity index (χ4v) is 9.76. The quantitative estimate of drug-likeness (QED) is 0.187. The summed E-state index contributed by atoms with van der Waals surface area (Å²) in [7, 11) is 0. The first kappa shape index (κ1) is 31.3. The molecule has 4 aliphatic rings. The summed E-state index contributed by atoms with van der Waals surface area (Å²) >= 11 is 0. The Hall–Kier alpha value is -5.41. The van der Waals surface area contributed by atoms with Crippen LogP contribution in [-0.4, -0.2) is 15.0 Å². The maximum Gasteiger partial charge on any atom is 0.164 e. The van der Waals surface area contributed by atoms with Crippen LogP contribution in [0.15, 0.2) is 127 Å². The molecule has 0 radical (unpaired) electrons. The average molecular weight is 674 g/mol. The van der Waals surface area contributed by atoms with Crippen molar-refractivity contribution < 1.29 is 0 Å². The maximum atomic E-state index is 5.20. The molecule has 6 aromatic rings. The zero-order chi connectivity index (χ0) is 35.0. The normalized spacial score (nSPS) is 18.8. The molecule has 1 aromatic heterocycles. The van der Waals surface area contributed by atoms with E-state index >= 15 is 0 Å². The van der Waals surface area contributed by atoms with Crippen molar-refractivity contribution in [2.45, 2.75) is 70.1 Å². The fraction of sp³-hybridized carbons (Fsp3) is 0.245. The van der Waals surface area contributed by atoms with Crippen molar-refractivity contribution in [3.63, 3.8) is 0 Å². The van der Waals surface area contributed by atoms with Crippen molar-refractivity contribution in [3.8, 4) is 56.2 Å². The molecule has 52 heavy (non-hydrogen) atoms. The Balaban J connectivity index is 1.09. The Labute approximate surface area is 307 Å². The van der Waals surface area contributed by atoms with Crippen LogP contribution in [0.3, 0.4) is 0 Å². The van der Waals surface area contributed by atoms with Crippen LogP contribution in [0, 0.1) is 5.92 Å². The molecule has 1 spiro atoms. The molecular weight excluding hydrogens is 631 g/mol. The molecule has 3 heteroatoms. The average Bonchev–Trinajstić information content (AvgIpc) is 3.58. The lowest BCUT2D eigenvalue weighted by atomic mass is 9.67. The third-order valence-corrected chi connectivity index (χ3v) is 12.6. The highest BCUT2D eigenvalue weighted by Gasteiger charge is 2.46. The van der Waals surface area contributed by atoms with Gasteiger partial charge in [0.15, 0.2) is 17.5 Å². The predicted molar refractivity (Wildman–Crippen MR) is 214 cm³/mol. The molecule has 0 saturated heterocycles. The number of benzene rings is 5. The minimum absolute atomic E-state index is 0.142. The molecule has 10 rings (SSSR count). The van der Waals surface area contributed by atoms with Crippen molar-refractivity contribution in [2.75, 3.05) is 0 Å². The number of hydrogen-bond donors (Lipinski definition) is 0. The second-order valence-corrected chi connectivity index (χ2v) is 16.0. The molecular formula is C49H43N3. The summed E-state index contributed by atoms with van der Waals surface area (Å²) in [5.41, 5.74) is 17.0. The van der Waals surface area contributed by atoms with Gasteiger partial charge in [0.1, 0.15) is 0 Å². The minimum Gasteiger partial charge on any atom is -0.209 e. The van der Waals surface area contributed by atoms with Gasteiger partial charge < -0.3 is 0 Å². The third kappa shape index (κ3) is 4.75. The topological polar surface area (TPSA) is 38.7 Å². The van der Waals surface area contributed by atoms with Crippen LogP contribution in [0.2, 0.25) is 0 Å². The molecule has 0 N–H and O–H groups in total. The lowest BCUT2D eigenvalue weighted by Gasteiger charge is -2.36. The number of aromatic nitrogens is 3. The molecule has 4 aliphatic carbocycles. The van der Waals surface area contributed by atoms with Gasteiger partial charge in [-0.25, -0.2) is 15.0 Å². The van der Waals surface area contributed by atoms with E-state index in [1.165, 1.54) is 76.6 Å². The van der Waals surface area contributed by atoms with Crippen LogP contribution in [-0.2, 0) is 10.8 Å². The van der Waals surface area contributed by atoms with Gasteiger partial charge in [-0.3, -0.25) is 0 Å². The number of nitrogens with zero attached hydrogens (tertiary/aromatic N) is 3. The summed E-state index contributed by atoms with van der Waals surface area (Å²) in [4.78, 5) is 15.5. The first-order valence-electron chi connectivity index (χ1n) is 19.1. The maximum absolute atomic E-state index is 5.20. The predicted octanol–water partition coefficient (Wildman–Crippen LogP) is 12.4. The lowest BCUT2D eigenvalue weighted by Crippen LogP contribution is -2.28. The fourth-order valence-electron chi connectivity index (χ4n) is 9.76. The zero-order valence-electron chi connectivity index (χ0n) is 30.3. The van der Waals surface area contributed by atoms with Crippen LogP contribution in [0.1, 0.15) is 87.4 Å². The van der Waals surface area contributed by atoms with E-state index in [9.17, 15) is 0 Å². The van der Waals surface area contributed by atoms with Gasteiger partial charge in [-0.05, 0) is 99.0 Å². The Morgan fingerprint density at radius 3 is 1.90 bits per heavy atom. The number of hydrogen-bond acceptors (Lipinski definition) is 3. The Bertz CT molecular complexity index is 2440. The molecule has 0 aliphatic heterocycles. The van der Waals surface area contributed by atoms with Crippen LogP contribution < -0.4 is 0 Å². The molecule has 1 unspecified atom stereocenters. The van der Waals surface area contributed by atoms with Crippen molar-refractivity contribution in [2.24, 2.45) is 5.92 Å². The molecule has 0 amide bonds. The number of fused-ring (bicyclic) bond motifs is 8. The molecule has 1 heterocycles. The van der Waals surface area contributed by atoms with Crippen LogP contribution in [0.4, 0.5) is 0 Å². The summed E-state index contributed by atoms with van der Waals surface area (Å²) < 4.78 is 0. The summed E-state index contributed by atoms with van der Waals surface area (Å²) in [6.45, 7) is 7.05. The Kier molecular flexibility index (Phi) is 7.12. The molecule has 3 nitrogen and oxygen atoms in total. The molecule has 1 saturated carbocycles.